The number of piperazine rings is 1. The number of aromatic carboxylic acids is 1. The number of amides is 1. The summed E-state index contributed by atoms with van der Waals surface area (Å²) in [4.78, 5) is 34.4. The topological polar surface area (TPSA) is 95.0 Å². The Morgan fingerprint density at radius 2 is 1.61 bits per heavy atom. The Bertz CT molecular complexity index is 1790. The van der Waals surface area contributed by atoms with E-state index < -0.39 is 11.8 Å². The Labute approximate surface area is 293 Å². The zero-order valence-electron chi connectivity index (χ0n) is 27.0. The van der Waals surface area contributed by atoms with E-state index in [2.05, 4.69) is 21.6 Å². The fourth-order valence-corrected chi connectivity index (χ4v) is 8.65. The number of rotatable bonds is 6. The van der Waals surface area contributed by atoms with Crippen molar-refractivity contribution in [2.24, 2.45) is 0 Å². The first-order valence-electron chi connectivity index (χ1n) is 16.7. The molecule has 5 heterocycles. The monoisotopic (exact) mass is 710 g/mol. The first-order chi connectivity index (χ1) is 23.7. The van der Waals surface area contributed by atoms with Gasteiger partial charge in [0.05, 0.1) is 78.0 Å². The second kappa shape index (κ2) is 12.9. The maximum atomic E-state index is 15.7. The number of anilines is 2. The quantitative estimate of drug-likeness (QED) is 0.342. The molecule has 0 aromatic heterocycles. The lowest BCUT2D eigenvalue weighted by molar-refractivity contribution is -0.0691. The molecule has 2 bridgehead atoms. The fraction of sp³-hybridized carbons (Fsp3) is 0.444. The molecule has 3 aromatic rings. The maximum absolute atomic E-state index is 15.7. The molecule has 4 fully saturated rings. The van der Waals surface area contributed by atoms with E-state index in [1.165, 1.54) is 4.90 Å². The minimum atomic E-state index is -1.19. The van der Waals surface area contributed by atoms with Crippen molar-refractivity contribution < 1.29 is 33.3 Å². The van der Waals surface area contributed by atoms with Gasteiger partial charge < -0.3 is 34.0 Å². The van der Waals surface area contributed by atoms with Crippen molar-refractivity contribution >= 4 is 46.5 Å². The average Bonchev–Trinajstić information content (AvgIpc) is 3.29. The molecule has 3 atom stereocenters. The fourth-order valence-electron chi connectivity index (χ4n) is 8.01. The van der Waals surface area contributed by atoms with Crippen LogP contribution in [0.3, 0.4) is 0 Å². The highest BCUT2D eigenvalue weighted by atomic mass is 35.5. The van der Waals surface area contributed by atoms with Crippen molar-refractivity contribution in [3.63, 3.8) is 0 Å². The van der Waals surface area contributed by atoms with Gasteiger partial charge in [-0.1, -0.05) is 41.4 Å². The second-order valence-electron chi connectivity index (χ2n) is 13.6. The molecule has 258 valence electrons. The molecule has 5 aliphatic rings. The van der Waals surface area contributed by atoms with Gasteiger partial charge in [-0.2, -0.15) is 0 Å². The summed E-state index contributed by atoms with van der Waals surface area (Å²) in [5.41, 5.74) is 2.87. The molecule has 3 aromatic carbocycles. The Morgan fingerprint density at radius 3 is 2.27 bits per heavy atom. The third-order valence-electron chi connectivity index (χ3n) is 10.6. The molecule has 1 N–H and O–H groups in total. The number of nitrogens with zero attached hydrogens (tertiary/aromatic N) is 4. The van der Waals surface area contributed by atoms with E-state index in [0.29, 0.717) is 41.8 Å². The first-order valence-corrected chi connectivity index (χ1v) is 17.5. The molecular weight excluding hydrogens is 674 g/mol. The Kier molecular flexibility index (Phi) is 8.60. The number of carboxylic acid groups (broad SMARTS) is 1. The van der Waals surface area contributed by atoms with Crippen LogP contribution >= 0.6 is 23.2 Å². The first kappa shape index (κ1) is 32.6. The highest BCUT2D eigenvalue weighted by Crippen LogP contribution is 2.43. The predicted molar refractivity (Wildman–Crippen MR) is 184 cm³/mol. The van der Waals surface area contributed by atoms with Gasteiger partial charge in [0.2, 0.25) is 0 Å². The molecule has 10 nitrogen and oxygen atoms in total. The number of hydrogen-bond donors (Lipinski definition) is 1. The second-order valence-corrected chi connectivity index (χ2v) is 14.4. The zero-order chi connectivity index (χ0) is 34.0. The number of benzene rings is 3. The van der Waals surface area contributed by atoms with Crippen LogP contribution in [0.5, 0.6) is 5.75 Å². The maximum Gasteiger partial charge on any atom is 0.337 e. The van der Waals surface area contributed by atoms with Gasteiger partial charge in [0.15, 0.2) is 6.73 Å². The predicted octanol–water partition coefficient (Wildman–Crippen LogP) is 5.77. The van der Waals surface area contributed by atoms with Crippen LogP contribution in [0.1, 0.15) is 46.0 Å². The van der Waals surface area contributed by atoms with Crippen molar-refractivity contribution in [2.75, 3.05) is 62.6 Å². The normalized spacial score (nSPS) is 24.0. The van der Waals surface area contributed by atoms with Crippen molar-refractivity contribution in [1.29, 1.82) is 0 Å². The highest BCUT2D eigenvalue weighted by molar-refractivity contribution is 6.40. The van der Waals surface area contributed by atoms with Gasteiger partial charge in [-0.3, -0.25) is 9.69 Å². The summed E-state index contributed by atoms with van der Waals surface area (Å²) in [6.45, 7) is 7.43. The number of morpholine rings is 1. The molecule has 49 heavy (non-hydrogen) atoms. The van der Waals surface area contributed by atoms with E-state index in [0.717, 1.165) is 57.4 Å². The average molecular weight is 712 g/mol. The molecular formula is C36H37Cl2FN4O6. The van der Waals surface area contributed by atoms with E-state index in [1.807, 2.05) is 6.07 Å². The standard InChI is InChI=1S/C36H37Cl2FN4O6/c1-20-13-40(25-17-48-18-25)7-8-42(20)24-9-29(37)33(30(38)10-24)35(44)41-14-21-3-2-4-26(34(21)49-19-41)27-12-32(28(36(45)46)11-31(27)39)43-22-5-6-23(43)16-47-15-22/h2-4,9-12,20,22-23,25H,5-8,13-19H2,1H3,(H,45,46)/t20-,22?,23?/m0/s1. The van der Waals surface area contributed by atoms with Gasteiger partial charge in [0, 0.05) is 48.1 Å². The number of carbonyl (C=O) groups excluding carboxylic acids is 1. The van der Waals surface area contributed by atoms with Crippen LogP contribution < -0.4 is 14.5 Å². The minimum Gasteiger partial charge on any atom is -0.478 e. The number of halogens is 3. The van der Waals surface area contributed by atoms with E-state index in [1.54, 1.807) is 30.3 Å². The minimum absolute atomic E-state index is 0.0319. The smallest absolute Gasteiger partial charge is 0.337 e. The van der Waals surface area contributed by atoms with Crippen LogP contribution in [0.15, 0.2) is 42.5 Å². The molecule has 13 heteroatoms. The van der Waals surface area contributed by atoms with Gasteiger partial charge in [0.1, 0.15) is 11.6 Å². The van der Waals surface area contributed by atoms with Crippen molar-refractivity contribution in [1.82, 2.24) is 9.80 Å². The number of ether oxygens (including phenoxy) is 3. The number of hydrogen-bond acceptors (Lipinski definition) is 8. The summed E-state index contributed by atoms with van der Waals surface area (Å²) >= 11 is 13.5. The molecule has 8 rings (SSSR count). The number of fused-ring (bicyclic) bond motifs is 3. The van der Waals surface area contributed by atoms with Crippen LogP contribution in [0.4, 0.5) is 15.8 Å². The van der Waals surface area contributed by atoms with E-state index >= 15 is 4.39 Å². The molecule has 4 saturated heterocycles. The Balaban J connectivity index is 1.04. The Hall–Kier alpha value is -3.61. The summed E-state index contributed by atoms with van der Waals surface area (Å²) in [6, 6.07) is 12.5. The third kappa shape index (κ3) is 5.79. The highest BCUT2D eigenvalue weighted by Gasteiger charge is 2.40. The lowest BCUT2D eigenvalue weighted by Crippen LogP contribution is -2.59. The van der Waals surface area contributed by atoms with Crippen LogP contribution in [0, 0.1) is 5.82 Å². The largest absolute Gasteiger partial charge is 0.478 e. The summed E-state index contributed by atoms with van der Waals surface area (Å²) in [5.74, 6) is -1.78. The molecule has 1 amide bonds. The molecule has 5 aliphatic heterocycles. The van der Waals surface area contributed by atoms with Crippen molar-refractivity contribution in [2.45, 2.75) is 50.5 Å². The van der Waals surface area contributed by atoms with Gasteiger partial charge >= 0.3 is 5.97 Å². The number of para-hydroxylation sites is 1. The van der Waals surface area contributed by atoms with Crippen LogP contribution in [0.2, 0.25) is 10.0 Å². The zero-order valence-corrected chi connectivity index (χ0v) is 28.6. The van der Waals surface area contributed by atoms with Crippen molar-refractivity contribution in [3.8, 4) is 16.9 Å². The van der Waals surface area contributed by atoms with Crippen LogP contribution in [0.25, 0.3) is 11.1 Å². The van der Waals surface area contributed by atoms with Gasteiger partial charge in [-0.05, 0) is 44.0 Å². The third-order valence-corrected chi connectivity index (χ3v) is 11.2. The van der Waals surface area contributed by atoms with E-state index in [4.69, 9.17) is 37.4 Å². The summed E-state index contributed by atoms with van der Waals surface area (Å²) in [7, 11) is 0. The van der Waals surface area contributed by atoms with Crippen LogP contribution in [-0.4, -0.2) is 104 Å². The summed E-state index contributed by atoms with van der Waals surface area (Å²) in [5, 5.41) is 10.5. The SMILES string of the molecule is C[C@H]1CN(C2COC2)CCN1c1cc(Cl)c(C(=O)N2COc3c(cccc3-c3cc(N4C5CCC4COC5)c(C(=O)O)cc3F)C2)c(Cl)c1. The molecule has 0 aliphatic carbocycles. The lowest BCUT2D eigenvalue weighted by atomic mass is 9.96. The van der Waals surface area contributed by atoms with Gasteiger partial charge in [-0.15, -0.1) is 0 Å². The molecule has 0 spiro atoms. The van der Waals surface area contributed by atoms with Crippen molar-refractivity contribution in [3.05, 3.63) is 75.0 Å². The van der Waals surface area contributed by atoms with Crippen LogP contribution in [-0.2, 0) is 16.0 Å². The molecule has 0 saturated carbocycles. The van der Waals surface area contributed by atoms with E-state index in [-0.39, 0.29) is 64.0 Å². The van der Waals surface area contributed by atoms with E-state index in [9.17, 15) is 14.7 Å². The number of carboxylic acids is 1. The lowest BCUT2D eigenvalue weighted by Gasteiger charge is -2.46. The van der Waals surface area contributed by atoms with Gasteiger partial charge in [-0.25, -0.2) is 9.18 Å². The van der Waals surface area contributed by atoms with Gasteiger partial charge in [0.25, 0.3) is 5.91 Å². The molecule has 0 radical (unpaired) electrons. The summed E-state index contributed by atoms with van der Waals surface area (Å²) in [6.07, 6.45) is 1.77. The molecule has 2 unspecified atom stereocenters. The Morgan fingerprint density at radius 1 is 0.918 bits per heavy atom. The summed E-state index contributed by atoms with van der Waals surface area (Å²) < 4.78 is 33.0. The number of carbonyl (C=O) groups is 2.